The first-order chi connectivity index (χ1) is 13.8. The summed E-state index contributed by atoms with van der Waals surface area (Å²) in [5, 5.41) is 5.13. The van der Waals surface area contributed by atoms with E-state index < -0.39 is 22.1 Å². The molecule has 2 fully saturated rings. The average Bonchev–Trinajstić information content (AvgIpc) is 3.12. The molecular formula is C18H20FN5O4S. The lowest BCUT2D eigenvalue weighted by atomic mass is 10.2. The van der Waals surface area contributed by atoms with Crippen molar-refractivity contribution < 1.29 is 22.3 Å². The number of benzene rings is 1. The number of ether oxygens (including phenoxy) is 1. The number of nitrogens with one attached hydrogen (secondary N) is 2. The number of anilines is 2. The normalized spacial score (nSPS) is 23.5. The van der Waals surface area contributed by atoms with Gasteiger partial charge in [-0.05, 0) is 18.2 Å². The van der Waals surface area contributed by atoms with Crippen LogP contribution in [0.3, 0.4) is 0 Å². The minimum absolute atomic E-state index is 0.147. The molecule has 3 heterocycles. The van der Waals surface area contributed by atoms with Crippen LogP contribution in [0.1, 0.15) is 6.42 Å². The molecule has 0 saturated carbocycles. The average molecular weight is 421 g/mol. The van der Waals surface area contributed by atoms with E-state index in [4.69, 9.17) is 4.74 Å². The number of rotatable bonds is 4. The Morgan fingerprint density at radius 3 is 2.76 bits per heavy atom. The number of halogens is 1. The van der Waals surface area contributed by atoms with Crippen LogP contribution in [0.4, 0.5) is 20.6 Å². The Morgan fingerprint density at radius 2 is 2.03 bits per heavy atom. The van der Waals surface area contributed by atoms with Gasteiger partial charge in [0.25, 0.3) is 10.2 Å². The van der Waals surface area contributed by atoms with Crippen molar-refractivity contribution >= 4 is 27.6 Å². The second kappa shape index (κ2) is 7.58. The molecule has 2 amide bonds. The first-order valence-corrected chi connectivity index (χ1v) is 10.4. The quantitative estimate of drug-likeness (QED) is 0.785. The van der Waals surface area contributed by atoms with Crippen LogP contribution < -0.4 is 15.4 Å². The molecule has 0 spiro atoms. The summed E-state index contributed by atoms with van der Waals surface area (Å²) in [6.45, 7) is 0.616. The number of hydrogen-bond acceptors (Lipinski definition) is 5. The molecule has 2 aromatic rings. The Kier molecular flexibility index (Phi) is 5.11. The van der Waals surface area contributed by atoms with Gasteiger partial charge in [0.05, 0.1) is 18.4 Å². The third kappa shape index (κ3) is 4.16. The fourth-order valence-electron chi connectivity index (χ4n) is 3.57. The molecule has 2 N–H and O–H groups in total. The molecular weight excluding hydrogens is 401 g/mol. The minimum atomic E-state index is -3.45. The molecule has 0 radical (unpaired) electrons. The zero-order valence-electron chi connectivity index (χ0n) is 15.6. The number of pyridine rings is 1. The highest BCUT2D eigenvalue weighted by Gasteiger charge is 2.48. The van der Waals surface area contributed by atoms with Crippen LogP contribution in [-0.2, 0) is 10.2 Å². The monoisotopic (exact) mass is 421 g/mol. The van der Waals surface area contributed by atoms with Gasteiger partial charge in [0, 0.05) is 50.1 Å². The van der Waals surface area contributed by atoms with Crippen LogP contribution in [-0.4, -0.2) is 60.3 Å². The fourth-order valence-corrected chi connectivity index (χ4v) is 5.18. The van der Waals surface area contributed by atoms with Crippen molar-refractivity contribution in [1.29, 1.82) is 0 Å². The summed E-state index contributed by atoms with van der Waals surface area (Å²) in [6, 6.07) is 6.52. The first-order valence-electron chi connectivity index (χ1n) is 8.99. The third-order valence-electron chi connectivity index (χ3n) is 4.84. The van der Waals surface area contributed by atoms with Crippen LogP contribution >= 0.6 is 0 Å². The lowest BCUT2D eigenvalue weighted by molar-refractivity contribution is 0.211. The lowest BCUT2D eigenvalue weighted by Crippen LogP contribution is -2.34. The van der Waals surface area contributed by atoms with E-state index in [1.54, 1.807) is 25.4 Å². The molecule has 0 bridgehead atoms. The van der Waals surface area contributed by atoms with Gasteiger partial charge in [-0.15, -0.1) is 0 Å². The summed E-state index contributed by atoms with van der Waals surface area (Å²) in [6.07, 6.45) is 3.19. The van der Waals surface area contributed by atoms with E-state index in [1.165, 1.54) is 33.0 Å². The zero-order valence-corrected chi connectivity index (χ0v) is 16.4. The van der Waals surface area contributed by atoms with E-state index >= 15 is 0 Å². The second-order valence-corrected chi connectivity index (χ2v) is 8.97. The summed E-state index contributed by atoms with van der Waals surface area (Å²) in [4.78, 5) is 16.0. The van der Waals surface area contributed by atoms with Crippen molar-refractivity contribution in [2.45, 2.75) is 18.6 Å². The number of carbonyl (C=O) groups excluding carboxylic acids is 1. The highest BCUT2D eigenvalue weighted by Crippen LogP contribution is 2.32. The Balaban J connectivity index is 1.41. The first kappa shape index (κ1) is 19.6. The van der Waals surface area contributed by atoms with Gasteiger partial charge in [0.15, 0.2) is 0 Å². The molecule has 9 nitrogen and oxygen atoms in total. The van der Waals surface area contributed by atoms with Crippen LogP contribution in [0.15, 0.2) is 42.7 Å². The van der Waals surface area contributed by atoms with Gasteiger partial charge in [-0.3, -0.25) is 4.98 Å². The molecule has 2 aliphatic heterocycles. The van der Waals surface area contributed by atoms with E-state index in [-0.39, 0.29) is 30.1 Å². The standard InChI is InChI=1S/C18H20FN5O4S/c1-23-10-15-8-17(11-24(15)29(23,26)27)28-16-6-12(19)5-14(7-16)22-18(25)21-13-3-2-4-20-9-13/h2-7,9,15,17H,8,10-11H2,1H3,(H2,21,22,25). The SMILES string of the molecule is CN1CC2CC(Oc3cc(F)cc(NC(=O)Nc4cccnc4)c3)CN2S1(=O)=O. The van der Waals surface area contributed by atoms with Crippen molar-refractivity contribution in [3.05, 3.63) is 48.5 Å². The van der Waals surface area contributed by atoms with Crippen LogP contribution in [0.2, 0.25) is 0 Å². The van der Waals surface area contributed by atoms with Crippen LogP contribution in [0, 0.1) is 5.82 Å². The van der Waals surface area contributed by atoms with Crippen molar-refractivity contribution in [2.75, 3.05) is 30.8 Å². The lowest BCUT2D eigenvalue weighted by Gasteiger charge is -2.18. The Labute approximate surface area is 167 Å². The van der Waals surface area contributed by atoms with E-state index in [9.17, 15) is 17.6 Å². The maximum absolute atomic E-state index is 14.0. The molecule has 0 aliphatic carbocycles. The van der Waals surface area contributed by atoms with Gasteiger partial charge in [-0.25, -0.2) is 9.18 Å². The van der Waals surface area contributed by atoms with Crippen molar-refractivity contribution in [2.24, 2.45) is 0 Å². The smallest absolute Gasteiger partial charge is 0.323 e. The predicted molar refractivity (Wildman–Crippen MR) is 104 cm³/mol. The summed E-state index contributed by atoms with van der Waals surface area (Å²) < 4.78 is 47.0. The molecule has 4 rings (SSSR count). The van der Waals surface area contributed by atoms with Gasteiger partial charge in [-0.2, -0.15) is 17.0 Å². The number of urea groups is 1. The van der Waals surface area contributed by atoms with Gasteiger partial charge >= 0.3 is 6.03 Å². The van der Waals surface area contributed by atoms with Gasteiger partial charge < -0.3 is 15.4 Å². The molecule has 2 unspecified atom stereocenters. The summed E-state index contributed by atoms with van der Waals surface area (Å²) >= 11 is 0. The molecule has 1 aromatic heterocycles. The highest BCUT2D eigenvalue weighted by atomic mass is 32.2. The minimum Gasteiger partial charge on any atom is -0.489 e. The Bertz CT molecular complexity index is 1020. The molecule has 2 saturated heterocycles. The zero-order chi connectivity index (χ0) is 20.6. The summed E-state index contributed by atoms with van der Waals surface area (Å²) in [7, 11) is -1.90. The molecule has 11 heteroatoms. The third-order valence-corrected chi connectivity index (χ3v) is 6.81. The molecule has 2 aliphatic rings. The summed E-state index contributed by atoms with van der Waals surface area (Å²) in [5.74, 6) is -0.358. The Morgan fingerprint density at radius 1 is 1.24 bits per heavy atom. The number of nitrogens with zero attached hydrogens (tertiary/aromatic N) is 3. The van der Waals surface area contributed by atoms with Crippen molar-refractivity contribution in [1.82, 2.24) is 13.6 Å². The summed E-state index contributed by atoms with van der Waals surface area (Å²) in [5.41, 5.74) is 0.711. The molecule has 1 aromatic carbocycles. The molecule has 29 heavy (non-hydrogen) atoms. The number of likely N-dealkylation sites (N-methyl/N-ethyl adjacent to an activating group) is 1. The van der Waals surface area contributed by atoms with E-state index in [0.29, 0.717) is 18.7 Å². The maximum Gasteiger partial charge on any atom is 0.323 e. The number of aromatic nitrogens is 1. The van der Waals surface area contributed by atoms with E-state index in [0.717, 1.165) is 0 Å². The van der Waals surface area contributed by atoms with Gasteiger partial charge in [0.2, 0.25) is 0 Å². The van der Waals surface area contributed by atoms with Gasteiger partial charge in [-0.1, -0.05) is 0 Å². The second-order valence-electron chi connectivity index (χ2n) is 6.98. The number of hydrogen-bond donors (Lipinski definition) is 2. The van der Waals surface area contributed by atoms with Crippen LogP contribution in [0.5, 0.6) is 5.75 Å². The molecule has 154 valence electrons. The Hall–Kier alpha value is -2.76. The fraction of sp³-hybridized carbons (Fsp3) is 0.333. The number of fused-ring (bicyclic) bond motifs is 1. The van der Waals surface area contributed by atoms with E-state index in [1.807, 2.05) is 0 Å². The van der Waals surface area contributed by atoms with Gasteiger partial charge in [0.1, 0.15) is 17.7 Å². The largest absolute Gasteiger partial charge is 0.489 e. The predicted octanol–water partition coefficient (Wildman–Crippen LogP) is 1.88. The number of amides is 2. The number of carbonyl (C=O) groups is 1. The van der Waals surface area contributed by atoms with Crippen molar-refractivity contribution in [3.63, 3.8) is 0 Å². The van der Waals surface area contributed by atoms with Crippen LogP contribution in [0.25, 0.3) is 0 Å². The van der Waals surface area contributed by atoms with Crippen molar-refractivity contribution in [3.8, 4) is 5.75 Å². The topological polar surface area (TPSA) is 104 Å². The highest BCUT2D eigenvalue weighted by molar-refractivity contribution is 7.87. The molecule has 2 atom stereocenters. The maximum atomic E-state index is 14.0. The van der Waals surface area contributed by atoms with E-state index in [2.05, 4.69) is 15.6 Å².